The molecule has 1 saturated heterocycles. The summed E-state index contributed by atoms with van der Waals surface area (Å²) >= 11 is 0. The summed E-state index contributed by atoms with van der Waals surface area (Å²) in [5, 5.41) is 3.07. The number of hydrogen-bond acceptors (Lipinski definition) is 4. The molecule has 2 heterocycles. The number of nitrogens with zero attached hydrogens (tertiary/aromatic N) is 3. The minimum Gasteiger partial charge on any atom is -0.497 e. The summed E-state index contributed by atoms with van der Waals surface area (Å²) in [7, 11) is 3.51. The first-order valence-electron chi connectivity index (χ1n) is 8.16. The molecule has 25 heavy (non-hydrogen) atoms. The Labute approximate surface area is 146 Å². The van der Waals surface area contributed by atoms with Crippen LogP contribution in [0.5, 0.6) is 5.75 Å². The Kier molecular flexibility index (Phi) is 4.74. The molecule has 2 aromatic rings. The topological polar surface area (TPSA) is 76.5 Å². The molecule has 1 atom stereocenters. The molecule has 1 N–H and O–H groups in total. The van der Waals surface area contributed by atoms with E-state index in [9.17, 15) is 9.59 Å². The number of carbonyl (C=O) groups excluding carboxylic acids is 2. The highest BCUT2D eigenvalue weighted by atomic mass is 16.5. The molecule has 0 radical (unpaired) electrons. The lowest BCUT2D eigenvalue weighted by molar-refractivity contribution is -0.141. The molecule has 132 valence electrons. The molecular weight excluding hydrogens is 320 g/mol. The van der Waals surface area contributed by atoms with Gasteiger partial charge in [-0.05, 0) is 17.7 Å². The van der Waals surface area contributed by atoms with Gasteiger partial charge in [-0.15, -0.1) is 0 Å². The monoisotopic (exact) mass is 342 g/mol. The van der Waals surface area contributed by atoms with Crippen molar-refractivity contribution in [2.75, 3.05) is 20.2 Å². The average Bonchev–Trinajstić information content (AvgIpc) is 2.97. The van der Waals surface area contributed by atoms with Gasteiger partial charge in [-0.2, -0.15) is 0 Å². The number of ether oxygens (including phenoxy) is 1. The third-order valence-electron chi connectivity index (χ3n) is 4.55. The second-order valence-electron chi connectivity index (χ2n) is 6.23. The van der Waals surface area contributed by atoms with Crippen molar-refractivity contribution < 1.29 is 14.3 Å². The molecule has 1 unspecified atom stereocenters. The van der Waals surface area contributed by atoms with Gasteiger partial charge < -0.3 is 19.5 Å². The zero-order valence-electron chi connectivity index (χ0n) is 14.6. The molecule has 2 amide bonds. The Balaban J connectivity index is 1.79. The molecular formula is C18H22N4O3. The Morgan fingerprint density at radius 1 is 1.28 bits per heavy atom. The Hall–Kier alpha value is -2.83. The van der Waals surface area contributed by atoms with E-state index in [1.165, 1.54) is 6.92 Å². The number of aryl methyl sites for hydroxylation is 1. The van der Waals surface area contributed by atoms with Crippen LogP contribution in [-0.4, -0.2) is 46.5 Å². The van der Waals surface area contributed by atoms with Crippen molar-refractivity contribution in [3.05, 3.63) is 48.0 Å². The van der Waals surface area contributed by atoms with Crippen LogP contribution in [0, 0.1) is 5.92 Å². The number of methoxy groups -OCH3 is 1. The molecule has 7 heteroatoms. The van der Waals surface area contributed by atoms with Crippen LogP contribution in [0.4, 0.5) is 0 Å². The van der Waals surface area contributed by atoms with Crippen molar-refractivity contribution in [1.82, 2.24) is 19.8 Å². The molecule has 0 saturated carbocycles. The second-order valence-corrected chi connectivity index (χ2v) is 6.23. The quantitative estimate of drug-likeness (QED) is 0.883. The minimum absolute atomic E-state index is 0.000134. The number of imidazole rings is 1. The van der Waals surface area contributed by atoms with E-state index in [2.05, 4.69) is 10.3 Å². The summed E-state index contributed by atoms with van der Waals surface area (Å²) in [6, 6.07) is 7.20. The Morgan fingerprint density at radius 2 is 1.96 bits per heavy atom. The van der Waals surface area contributed by atoms with Gasteiger partial charge >= 0.3 is 0 Å². The van der Waals surface area contributed by atoms with Crippen LogP contribution >= 0.6 is 0 Å². The van der Waals surface area contributed by atoms with E-state index in [-0.39, 0.29) is 23.8 Å². The fraction of sp³-hybridized carbons (Fsp3) is 0.389. The highest BCUT2D eigenvalue weighted by Crippen LogP contribution is 2.24. The molecule has 1 aliphatic rings. The van der Waals surface area contributed by atoms with Crippen molar-refractivity contribution in [3.63, 3.8) is 0 Å². The number of rotatable bonds is 5. The number of hydrogen-bond donors (Lipinski definition) is 1. The van der Waals surface area contributed by atoms with Crippen LogP contribution in [0.25, 0.3) is 0 Å². The van der Waals surface area contributed by atoms with Gasteiger partial charge in [-0.1, -0.05) is 12.1 Å². The van der Waals surface area contributed by atoms with Gasteiger partial charge in [-0.25, -0.2) is 4.98 Å². The van der Waals surface area contributed by atoms with Crippen LogP contribution in [0.1, 0.15) is 24.4 Å². The van der Waals surface area contributed by atoms with E-state index in [1.54, 1.807) is 18.2 Å². The lowest BCUT2D eigenvalue weighted by Gasteiger charge is -2.38. The highest BCUT2D eigenvalue weighted by molar-refractivity contribution is 5.84. The van der Waals surface area contributed by atoms with Crippen molar-refractivity contribution in [1.29, 1.82) is 0 Å². The van der Waals surface area contributed by atoms with E-state index >= 15 is 0 Å². The van der Waals surface area contributed by atoms with E-state index in [0.29, 0.717) is 13.1 Å². The van der Waals surface area contributed by atoms with Crippen LogP contribution in [0.2, 0.25) is 0 Å². The molecule has 3 rings (SSSR count). The van der Waals surface area contributed by atoms with Gasteiger partial charge in [0.15, 0.2) is 0 Å². The zero-order valence-corrected chi connectivity index (χ0v) is 14.6. The maximum absolute atomic E-state index is 12.6. The summed E-state index contributed by atoms with van der Waals surface area (Å²) in [4.78, 5) is 29.9. The molecule has 0 bridgehead atoms. The molecule has 1 aliphatic heterocycles. The fourth-order valence-corrected chi connectivity index (χ4v) is 2.91. The summed E-state index contributed by atoms with van der Waals surface area (Å²) in [6.45, 7) is 2.45. The predicted octanol–water partition coefficient (Wildman–Crippen LogP) is 1.11. The standard InChI is InChI=1S/C18H22N4O3/c1-12(23)22-10-14(11-22)18(24)20-16(17-19-8-9-21(17)2)13-4-6-15(25-3)7-5-13/h4-9,14,16H,10-11H2,1-3H3,(H,20,24). The Morgan fingerprint density at radius 3 is 2.48 bits per heavy atom. The van der Waals surface area contributed by atoms with Crippen molar-refractivity contribution in [2.45, 2.75) is 13.0 Å². The molecule has 1 aromatic heterocycles. The zero-order chi connectivity index (χ0) is 18.0. The molecule has 1 aromatic carbocycles. The third kappa shape index (κ3) is 3.50. The number of aromatic nitrogens is 2. The van der Waals surface area contributed by atoms with Crippen LogP contribution < -0.4 is 10.1 Å². The normalized spacial score (nSPS) is 15.4. The van der Waals surface area contributed by atoms with Crippen LogP contribution in [0.15, 0.2) is 36.7 Å². The summed E-state index contributed by atoms with van der Waals surface area (Å²) in [5.74, 6) is 1.26. The molecule has 0 spiro atoms. The second kappa shape index (κ2) is 6.96. The average molecular weight is 342 g/mol. The number of benzene rings is 1. The van der Waals surface area contributed by atoms with Gasteiger partial charge in [0, 0.05) is 39.5 Å². The van der Waals surface area contributed by atoms with Crippen molar-refractivity contribution in [2.24, 2.45) is 13.0 Å². The van der Waals surface area contributed by atoms with Crippen molar-refractivity contribution >= 4 is 11.8 Å². The van der Waals surface area contributed by atoms with Gasteiger partial charge in [0.25, 0.3) is 0 Å². The predicted molar refractivity (Wildman–Crippen MR) is 91.9 cm³/mol. The number of carbonyl (C=O) groups is 2. The highest BCUT2D eigenvalue weighted by Gasteiger charge is 2.35. The summed E-state index contributed by atoms with van der Waals surface area (Å²) in [5.41, 5.74) is 0.922. The van der Waals surface area contributed by atoms with Gasteiger partial charge in [0.1, 0.15) is 17.6 Å². The smallest absolute Gasteiger partial charge is 0.227 e. The maximum atomic E-state index is 12.6. The largest absolute Gasteiger partial charge is 0.497 e. The van der Waals surface area contributed by atoms with E-state index in [1.807, 2.05) is 42.1 Å². The first-order chi connectivity index (χ1) is 12.0. The summed E-state index contributed by atoms with van der Waals surface area (Å²) < 4.78 is 7.08. The Bertz CT molecular complexity index is 763. The van der Waals surface area contributed by atoms with Gasteiger partial charge in [0.2, 0.25) is 11.8 Å². The molecule has 0 aliphatic carbocycles. The van der Waals surface area contributed by atoms with E-state index < -0.39 is 0 Å². The number of nitrogens with one attached hydrogen (secondary N) is 1. The van der Waals surface area contributed by atoms with Crippen LogP contribution in [0.3, 0.4) is 0 Å². The van der Waals surface area contributed by atoms with Gasteiger partial charge in [-0.3, -0.25) is 9.59 Å². The molecule has 1 fully saturated rings. The maximum Gasteiger partial charge on any atom is 0.227 e. The number of amides is 2. The first-order valence-corrected chi connectivity index (χ1v) is 8.16. The molecule has 7 nitrogen and oxygen atoms in total. The van der Waals surface area contributed by atoms with Crippen LogP contribution in [-0.2, 0) is 16.6 Å². The minimum atomic E-state index is -0.357. The first kappa shape index (κ1) is 17.0. The summed E-state index contributed by atoms with van der Waals surface area (Å²) in [6.07, 6.45) is 3.55. The number of likely N-dealkylation sites (tertiary alicyclic amines) is 1. The van der Waals surface area contributed by atoms with Gasteiger partial charge in [0.05, 0.1) is 13.0 Å². The lowest BCUT2D eigenvalue weighted by atomic mass is 9.97. The third-order valence-corrected chi connectivity index (χ3v) is 4.55. The van der Waals surface area contributed by atoms with Crippen molar-refractivity contribution in [3.8, 4) is 5.75 Å². The fourth-order valence-electron chi connectivity index (χ4n) is 2.91. The van der Waals surface area contributed by atoms with E-state index in [0.717, 1.165) is 17.1 Å². The van der Waals surface area contributed by atoms with E-state index in [4.69, 9.17) is 4.74 Å². The SMILES string of the molecule is COc1ccc(C(NC(=O)C2CN(C(C)=O)C2)c2nccn2C)cc1. The lowest BCUT2D eigenvalue weighted by Crippen LogP contribution is -2.55.